The number of hydrogen-bond donors (Lipinski definition) is 0. The van der Waals surface area contributed by atoms with E-state index in [1.165, 1.54) is 51.3 Å². The van der Waals surface area contributed by atoms with Gasteiger partial charge in [0, 0.05) is 6.61 Å². The van der Waals surface area contributed by atoms with Gasteiger partial charge in [-0.05, 0) is 24.1 Å². The molecule has 0 amide bonds. The van der Waals surface area contributed by atoms with E-state index >= 15 is 0 Å². The Morgan fingerprint density at radius 3 is 2.52 bits per heavy atom. The Labute approximate surface area is 126 Å². The van der Waals surface area contributed by atoms with Crippen LogP contribution in [0.15, 0.2) is 18.2 Å². The van der Waals surface area contributed by atoms with Crippen LogP contribution < -0.4 is 0 Å². The lowest BCUT2D eigenvalue weighted by Crippen LogP contribution is -2.05. The van der Waals surface area contributed by atoms with Crippen LogP contribution in [0.2, 0.25) is 0 Å². The van der Waals surface area contributed by atoms with Gasteiger partial charge in [0.1, 0.15) is 5.82 Å². The molecule has 0 atom stereocenters. The molecule has 118 valence electrons. The molecule has 1 aromatic carbocycles. The van der Waals surface area contributed by atoms with Gasteiger partial charge >= 0.3 is 5.97 Å². The van der Waals surface area contributed by atoms with E-state index in [1.807, 2.05) is 0 Å². The minimum atomic E-state index is -0.660. The van der Waals surface area contributed by atoms with E-state index in [-0.39, 0.29) is 5.56 Å². The molecular formula is C17H25FO3. The fourth-order valence-electron chi connectivity index (χ4n) is 2.10. The molecule has 0 heterocycles. The van der Waals surface area contributed by atoms with Gasteiger partial charge in [-0.3, -0.25) is 0 Å². The van der Waals surface area contributed by atoms with Crippen LogP contribution >= 0.6 is 0 Å². The summed E-state index contributed by atoms with van der Waals surface area (Å²) in [4.78, 5) is 11.3. The van der Waals surface area contributed by atoms with E-state index in [1.54, 1.807) is 6.07 Å². The number of ether oxygens (including phenoxy) is 2. The highest BCUT2D eigenvalue weighted by molar-refractivity contribution is 5.89. The van der Waals surface area contributed by atoms with Crippen LogP contribution in [0.25, 0.3) is 0 Å². The molecule has 1 aromatic rings. The molecule has 0 fully saturated rings. The van der Waals surface area contributed by atoms with Crippen LogP contribution in [0.5, 0.6) is 0 Å². The Kier molecular flexibility index (Phi) is 8.67. The third kappa shape index (κ3) is 6.71. The number of hydrogen-bond acceptors (Lipinski definition) is 3. The first kappa shape index (κ1) is 17.6. The summed E-state index contributed by atoms with van der Waals surface area (Å²) in [6, 6.07) is 4.45. The number of benzene rings is 1. The zero-order valence-corrected chi connectivity index (χ0v) is 13.0. The molecule has 0 aliphatic carbocycles. The van der Waals surface area contributed by atoms with E-state index in [0.717, 1.165) is 12.0 Å². The van der Waals surface area contributed by atoms with Crippen LogP contribution in [-0.2, 0) is 16.1 Å². The average Bonchev–Trinajstić information content (AvgIpc) is 2.49. The van der Waals surface area contributed by atoms with Gasteiger partial charge in [-0.1, -0.05) is 45.1 Å². The second kappa shape index (κ2) is 10.3. The largest absolute Gasteiger partial charge is 0.465 e. The van der Waals surface area contributed by atoms with Crippen molar-refractivity contribution >= 4 is 5.97 Å². The molecule has 0 saturated carbocycles. The molecule has 0 aliphatic heterocycles. The molecular weight excluding hydrogens is 271 g/mol. The first-order valence-electron chi connectivity index (χ1n) is 7.63. The van der Waals surface area contributed by atoms with Crippen LogP contribution in [0, 0.1) is 5.82 Å². The van der Waals surface area contributed by atoms with Gasteiger partial charge in [0.05, 0.1) is 19.3 Å². The molecule has 0 saturated heterocycles. The van der Waals surface area contributed by atoms with E-state index in [2.05, 4.69) is 11.7 Å². The Bertz CT molecular complexity index is 432. The summed E-state index contributed by atoms with van der Waals surface area (Å²) in [6.45, 7) is 3.26. The van der Waals surface area contributed by atoms with Crippen molar-refractivity contribution in [1.29, 1.82) is 0 Å². The lowest BCUT2D eigenvalue weighted by Gasteiger charge is -2.06. The molecule has 0 aliphatic rings. The van der Waals surface area contributed by atoms with Crippen molar-refractivity contribution in [3.63, 3.8) is 0 Å². The minimum absolute atomic E-state index is 0.0443. The van der Waals surface area contributed by atoms with Gasteiger partial charge in [-0.15, -0.1) is 0 Å². The molecule has 0 radical (unpaired) electrons. The summed E-state index contributed by atoms with van der Waals surface area (Å²) in [5.41, 5.74) is 0.684. The van der Waals surface area contributed by atoms with Crippen molar-refractivity contribution in [2.75, 3.05) is 13.7 Å². The number of rotatable bonds is 10. The minimum Gasteiger partial charge on any atom is -0.465 e. The van der Waals surface area contributed by atoms with Crippen LogP contribution in [0.1, 0.15) is 61.4 Å². The summed E-state index contributed by atoms with van der Waals surface area (Å²) >= 11 is 0. The second-order valence-electron chi connectivity index (χ2n) is 5.13. The fourth-order valence-corrected chi connectivity index (χ4v) is 2.10. The number of halogens is 1. The van der Waals surface area contributed by atoms with Crippen LogP contribution in [0.3, 0.4) is 0 Å². The third-order valence-electron chi connectivity index (χ3n) is 3.35. The topological polar surface area (TPSA) is 35.5 Å². The first-order chi connectivity index (χ1) is 10.2. The number of esters is 1. The lowest BCUT2D eigenvalue weighted by molar-refractivity contribution is 0.0595. The zero-order valence-electron chi connectivity index (χ0n) is 13.0. The van der Waals surface area contributed by atoms with Gasteiger partial charge in [0.2, 0.25) is 0 Å². The fraction of sp³-hybridized carbons (Fsp3) is 0.588. The molecule has 0 unspecified atom stereocenters. The van der Waals surface area contributed by atoms with Crippen molar-refractivity contribution in [2.24, 2.45) is 0 Å². The summed E-state index contributed by atoms with van der Waals surface area (Å²) in [6.07, 6.45) is 7.30. The Morgan fingerprint density at radius 1 is 1.14 bits per heavy atom. The van der Waals surface area contributed by atoms with Crippen molar-refractivity contribution in [2.45, 2.75) is 52.1 Å². The smallest absolute Gasteiger partial charge is 0.340 e. The van der Waals surface area contributed by atoms with Crippen LogP contribution in [0.4, 0.5) is 4.39 Å². The summed E-state index contributed by atoms with van der Waals surface area (Å²) in [7, 11) is 1.24. The van der Waals surface area contributed by atoms with E-state index in [9.17, 15) is 9.18 Å². The highest BCUT2D eigenvalue weighted by Crippen LogP contribution is 2.13. The molecule has 0 aromatic heterocycles. The summed E-state index contributed by atoms with van der Waals surface area (Å²) in [5.74, 6) is -1.23. The maximum atomic E-state index is 13.7. The molecule has 1 rings (SSSR count). The maximum absolute atomic E-state index is 13.7. The zero-order chi connectivity index (χ0) is 15.5. The van der Waals surface area contributed by atoms with Gasteiger partial charge in [0.25, 0.3) is 0 Å². The Morgan fingerprint density at radius 2 is 1.86 bits per heavy atom. The summed E-state index contributed by atoms with van der Waals surface area (Å²) in [5, 5.41) is 0. The van der Waals surface area contributed by atoms with E-state index in [4.69, 9.17) is 4.74 Å². The highest BCUT2D eigenvalue weighted by Gasteiger charge is 2.12. The van der Waals surface area contributed by atoms with Crippen LogP contribution in [-0.4, -0.2) is 19.7 Å². The third-order valence-corrected chi connectivity index (χ3v) is 3.35. The predicted octanol–water partition coefficient (Wildman–Crippen LogP) is 4.49. The quantitative estimate of drug-likeness (QED) is 0.471. The first-order valence-corrected chi connectivity index (χ1v) is 7.63. The number of carbonyl (C=O) groups is 1. The number of methoxy groups -OCH3 is 1. The molecule has 21 heavy (non-hydrogen) atoms. The van der Waals surface area contributed by atoms with Gasteiger partial charge in [-0.25, -0.2) is 9.18 Å². The Balaban J connectivity index is 2.24. The molecule has 0 N–H and O–H groups in total. The maximum Gasteiger partial charge on any atom is 0.340 e. The predicted molar refractivity (Wildman–Crippen MR) is 80.8 cm³/mol. The van der Waals surface area contributed by atoms with E-state index in [0.29, 0.717) is 13.2 Å². The normalized spacial score (nSPS) is 10.6. The SMILES string of the molecule is CCCCCCCCOCc1ccc(C(=O)OC)c(F)c1. The van der Waals surface area contributed by atoms with Crippen molar-refractivity contribution in [3.8, 4) is 0 Å². The van der Waals surface area contributed by atoms with Crippen molar-refractivity contribution in [3.05, 3.63) is 35.1 Å². The molecule has 0 spiro atoms. The highest BCUT2D eigenvalue weighted by atomic mass is 19.1. The van der Waals surface area contributed by atoms with Gasteiger partial charge in [-0.2, -0.15) is 0 Å². The van der Waals surface area contributed by atoms with Crippen molar-refractivity contribution < 1.29 is 18.7 Å². The number of unbranched alkanes of at least 4 members (excludes halogenated alkanes) is 5. The van der Waals surface area contributed by atoms with Gasteiger partial charge in [0.15, 0.2) is 0 Å². The molecule has 0 bridgehead atoms. The second-order valence-corrected chi connectivity index (χ2v) is 5.13. The standard InChI is InChI=1S/C17H25FO3/c1-3-4-5-6-7-8-11-21-13-14-9-10-15(16(18)12-14)17(19)20-2/h9-10,12H,3-8,11,13H2,1-2H3. The molecule has 3 nitrogen and oxygen atoms in total. The molecule has 4 heteroatoms. The van der Waals surface area contributed by atoms with E-state index < -0.39 is 11.8 Å². The Hall–Kier alpha value is -1.42. The lowest BCUT2D eigenvalue weighted by atomic mass is 10.1. The average molecular weight is 296 g/mol. The number of carbonyl (C=O) groups excluding carboxylic acids is 1. The van der Waals surface area contributed by atoms with Gasteiger partial charge < -0.3 is 9.47 Å². The van der Waals surface area contributed by atoms with Crippen molar-refractivity contribution in [1.82, 2.24) is 0 Å². The monoisotopic (exact) mass is 296 g/mol. The summed E-state index contributed by atoms with van der Waals surface area (Å²) < 4.78 is 23.7.